The average molecular weight is 568 g/mol. The number of piperidine rings is 1. The van der Waals surface area contributed by atoms with Crippen LogP contribution in [0.4, 0.5) is 0 Å². The Kier molecular flexibility index (Phi) is 7.09. The molecule has 216 valence electrons. The summed E-state index contributed by atoms with van der Waals surface area (Å²) in [6.07, 6.45) is 3.15. The molecule has 5 aromatic rings. The molecule has 10 nitrogen and oxygen atoms in total. The largest absolute Gasteiger partial charge is 0.478 e. The van der Waals surface area contributed by atoms with Crippen LogP contribution >= 0.6 is 0 Å². The van der Waals surface area contributed by atoms with E-state index in [4.69, 9.17) is 23.9 Å². The summed E-state index contributed by atoms with van der Waals surface area (Å²) in [5, 5.41) is 9.51. The van der Waals surface area contributed by atoms with Gasteiger partial charge in [0.15, 0.2) is 11.5 Å². The number of nitrogens with zero attached hydrogens (tertiary/aromatic N) is 5. The predicted molar refractivity (Wildman–Crippen MR) is 156 cm³/mol. The van der Waals surface area contributed by atoms with Gasteiger partial charge in [-0.2, -0.15) is 0 Å². The van der Waals surface area contributed by atoms with E-state index in [1.165, 1.54) is 0 Å². The molecule has 0 radical (unpaired) electrons. The number of likely N-dealkylation sites (tertiary alicyclic amines) is 1. The molecule has 10 heteroatoms. The molecule has 0 saturated carbocycles. The Morgan fingerprint density at radius 1 is 1.02 bits per heavy atom. The number of benzene rings is 2. The van der Waals surface area contributed by atoms with Crippen molar-refractivity contribution in [3.05, 3.63) is 83.1 Å². The van der Waals surface area contributed by atoms with Gasteiger partial charge in [0.2, 0.25) is 5.88 Å². The fourth-order valence-corrected chi connectivity index (χ4v) is 5.92. The van der Waals surface area contributed by atoms with Gasteiger partial charge >= 0.3 is 5.97 Å². The van der Waals surface area contributed by atoms with E-state index in [0.717, 1.165) is 78.2 Å². The zero-order valence-corrected chi connectivity index (χ0v) is 23.5. The standard InChI is InChI=1S/C32H33N5O5/c1-20-33-27-15-21(5-8-29(27)42-20)19-41-31-4-2-3-25(35-31)22-9-12-36(13-10-22)18-30-34-26-7-6-23(32(38)39)16-28(26)37(30)17-24-11-14-40-24/h2-8,15-16,22,24H,9-14,17-19H2,1H3,(H,38,39). The smallest absolute Gasteiger partial charge is 0.335 e. The number of carboxylic acids is 1. The summed E-state index contributed by atoms with van der Waals surface area (Å²) < 4.78 is 19.5. The zero-order chi connectivity index (χ0) is 28.6. The predicted octanol–water partition coefficient (Wildman–Crippen LogP) is 5.33. The molecule has 42 heavy (non-hydrogen) atoms. The van der Waals surface area contributed by atoms with Gasteiger partial charge in [-0.15, -0.1) is 0 Å². The normalized spacial score (nSPS) is 18.0. The number of fused-ring (bicyclic) bond motifs is 2. The third kappa shape index (κ3) is 5.47. The van der Waals surface area contributed by atoms with Crippen LogP contribution in [-0.4, -0.2) is 61.3 Å². The molecule has 5 heterocycles. The molecular weight excluding hydrogens is 534 g/mol. The Morgan fingerprint density at radius 3 is 2.67 bits per heavy atom. The molecule has 1 N–H and O–H groups in total. The van der Waals surface area contributed by atoms with Crippen LogP contribution in [0.5, 0.6) is 5.88 Å². The summed E-state index contributed by atoms with van der Waals surface area (Å²) in [5.41, 5.74) is 5.64. The molecule has 1 unspecified atom stereocenters. The van der Waals surface area contributed by atoms with Crippen LogP contribution in [0, 0.1) is 6.92 Å². The van der Waals surface area contributed by atoms with E-state index >= 15 is 0 Å². The van der Waals surface area contributed by atoms with Crippen molar-refractivity contribution in [2.75, 3.05) is 19.7 Å². The Balaban J connectivity index is 0.999. The van der Waals surface area contributed by atoms with E-state index in [2.05, 4.69) is 20.5 Å². The molecule has 7 rings (SSSR count). The second kappa shape index (κ2) is 11.2. The maximum Gasteiger partial charge on any atom is 0.335 e. The quantitative estimate of drug-likeness (QED) is 0.252. The molecular formula is C32H33N5O5. The SMILES string of the molecule is Cc1nc2cc(COc3cccc(C4CCN(Cc5nc6ccc(C(=O)O)cc6n5CC5CCO5)CC4)n3)ccc2o1. The lowest BCUT2D eigenvalue weighted by Gasteiger charge is -2.32. The summed E-state index contributed by atoms with van der Waals surface area (Å²) >= 11 is 0. The van der Waals surface area contributed by atoms with Gasteiger partial charge in [0.05, 0.1) is 35.8 Å². The number of oxazole rings is 1. The number of imidazole rings is 1. The number of pyridine rings is 1. The average Bonchev–Trinajstić information content (AvgIpc) is 3.52. The highest BCUT2D eigenvalue weighted by Crippen LogP contribution is 2.30. The van der Waals surface area contributed by atoms with Crippen LogP contribution in [-0.2, 0) is 24.4 Å². The van der Waals surface area contributed by atoms with Gasteiger partial charge in [-0.3, -0.25) is 4.90 Å². The molecule has 3 aromatic heterocycles. The molecule has 2 aliphatic rings. The van der Waals surface area contributed by atoms with E-state index in [0.29, 0.717) is 37.4 Å². The molecule has 0 bridgehead atoms. The van der Waals surface area contributed by atoms with Crippen molar-refractivity contribution < 1.29 is 23.8 Å². The minimum absolute atomic E-state index is 0.148. The number of hydrogen-bond acceptors (Lipinski definition) is 8. The topological polar surface area (TPSA) is 116 Å². The molecule has 0 amide bonds. The summed E-state index contributed by atoms with van der Waals surface area (Å²) in [7, 11) is 0. The lowest BCUT2D eigenvalue weighted by atomic mass is 9.93. The second-order valence-corrected chi connectivity index (χ2v) is 11.2. The van der Waals surface area contributed by atoms with E-state index in [1.807, 2.05) is 37.3 Å². The lowest BCUT2D eigenvalue weighted by molar-refractivity contribution is -0.0592. The molecule has 1 atom stereocenters. The zero-order valence-electron chi connectivity index (χ0n) is 23.5. The summed E-state index contributed by atoms with van der Waals surface area (Å²) in [5.74, 6) is 1.66. The van der Waals surface area contributed by atoms with Crippen LogP contribution < -0.4 is 4.74 Å². The van der Waals surface area contributed by atoms with Gasteiger partial charge in [0, 0.05) is 31.2 Å². The molecule has 2 aromatic carbocycles. The van der Waals surface area contributed by atoms with Crippen molar-refractivity contribution >= 4 is 28.1 Å². The number of hydrogen-bond donors (Lipinski definition) is 1. The van der Waals surface area contributed by atoms with Crippen molar-refractivity contribution in [1.82, 2.24) is 24.4 Å². The van der Waals surface area contributed by atoms with Crippen LogP contribution in [0.1, 0.15) is 58.5 Å². The van der Waals surface area contributed by atoms with Crippen LogP contribution in [0.25, 0.3) is 22.1 Å². The van der Waals surface area contributed by atoms with Gasteiger partial charge in [0.1, 0.15) is 17.9 Å². The first-order chi connectivity index (χ1) is 20.5. The highest BCUT2D eigenvalue weighted by Gasteiger charge is 2.26. The Morgan fingerprint density at radius 2 is 1.88 bits per heavy atom. The van der Waals surface area contributed by atoms with E-state index in [9.17, 15) is 9.90 Å². The van der Waals surface area contributed by atoms with E-state index in [1.54, 1.807) is 18.2 Å². The molecule has 2 saturated heterocycles. The molecule has 2 aliphatic heterocycles. The van der Waals surface area contributed by atoms with E-state index < -0.39 is 5.97 Å². The number of rotatable bonds is 9. The number of carboxylic acid groups (broad SMARTS) is 1. The van der Waals surface area contributed by atoms with Crippen LogP contribution in [0.2, 0.25) is 0 Å². The maximum atomic E-state index is 11.6. The third-order valence-corrected chi connectivity index (χ3v) is 8.32. The van der Waals surface area contributed by atoms with Crippen molar-refractivity contribution in [3.63, 3.8) is 0 Å². The Bertz CT molecular complexity index is 1750. The number of carbonyl (C=O) groups is 1. The first-order valence-corrected chi connectivity index (χ1v) is 14.5. The number of ether oxygens (including phenoxy) is 2. The summed E-state index contributed by atoms with van der Waals surface area (Å²) in [6.45, 7) is 6.29. The van der Waals surface area contributed by atoms with Crippen molar-refractivity contribution in [1.29, 1.82) is 0 Å². The van der Waals surface area contributed by atoms with Crippen molar-refractivity contribution in [3.8, 4) is 5.88 Å². The fraction of sp³-hybridized carbons (Fsp3) is 0.375. The van der Waals surface area contributed by atoms with Gasteiger partial charge < -0.3 is 23.6 Å². The molecule has 2 fully saturated rings. The highest BCUT2D eigenvalue weighted by molar-refractivity contribution is 5.92. The maximum absolute atomic E-state index is 11.6. The number of aryl methyl sites for hydroxylation is 1. The lowest BCUT2D eigenvalue weighted by Crippen LogP contribution is -2.35. The summed E-state index contributed by atoms with van der Waals surface area (Å²) in [6, 6.07) is 17.1. The van der Waals surface area contributed by atoms with Gasteiger partial charge in [-0.1, -0.05) is 12.1 Å². The van der Waals surface area contributed by atoms with Gasteiger partial charge in [0.25, 0.3) is 0 Å². The minimum atomic E-state index is -0.931. The Hall–Kier alpha value is -4.28. The monoisotopic (exact) mass is 567 g/mol. The Labute approximate surface area is 242 Å². The van der Waals surface area contributed by atoms with Crippen LogP contribution in [0.15, 0.2) is 59.0 Å². The molecule has 0 spiro atoms. The van der Waals surface area contributed by atoms with Gasteiger partial charge in [-0.05, 0) is 74.3 Å². The number of aromatic carboxylic acids is 1. The van der Waals surface area contributed by atoms with Crippen molar-refractivity contribution in [2.45, 2.75) is 57.9 Å². The van der Waals surface area contributed by atoms with Crippen molar-refractivity contribution in [2.24, 2.45) is 0 Å². The van der Waals surface area contributed by atoms with E-state index in [-0.39, 0.29) is 11.7 Å². The first-order valence-electron chi connectivity index (χ1n) is 14.5. The second-order valence-electron chi connectivity index (χ2n) is 11.2. The fourth-order valence-electron chi connectivity index (χ4n) is 5.92. The van der Waals surface area contributed by atoms with Crippen LogP contribution in [0.3, 0.4) is 0 Å². The first kappa shape index (κ1) is 26.6. The minimum Gasteiger partial charge on any atom is -0.478 e. The van der Waals surface area contributed by atoms with Gasteiger partial charge in [-0.25, -0.2) is 19.7 Å². The molecule has 0 aliphatic carbocycles. The number of aromatic nitrogens is 4. The highest BCUT2D eigenvalue weighted by atomic mass is 16.5. The summed E-state index contributed by atoms with van der Waals surface area (Å²) in [4.78, 5) is 28.2. The third-order valence-electron chi connectivity index (χ3n) is 8.32.